The molecule has 0 fully saturated rings. The van der Waals surface area contributed by atoms with Gasteiger partial charge in [0.25, 0.3) is 5.56 Å². The van der Waals surface area contributed by atoms with Gasteiger partial charge in [0.1, 0.15) is 17.8 Å². The predicted molar refractivity (Wildman–Crippen MR) is 66.8 cm³/mol. The van der Waals surface area contributed by atoms with E-state index in [-0.39, 0.29) is 11.6 Å². The van der Waals surface area contributed by atoms with E-state index in [0.717, 1.165) is 0 Å². The molecule has 0 unspecified atom stereocenters. The van der Waals surface area contributed by atoms with E-state index in [0.29, 0.717) is 11.7 Å². The molecule has 1 aromatic heterocycles. The van der Waals surface area contributed by atoms with Crippen molar-refractivity contribution in [3.8, 4) is 0 Å². The average molecular weight is 235 g/mol. The number of aromatic amines is 1. The molecule has 1 aromatic rings. The fourth-order valence-electron chi connectivity index (χ4n) is 1.01. The Kier molecular flexibility index (Phi) is 4.15. The number of pyridine rings is 1. The highest BCUT2D eigenvalue weighted by molar-refractivity contribution is 5.87. The van der Waals surface area contributed by atoms with Gasteiger partial charge in [-0.25, -0.2) is 9.98 Å². The highest BCUT2D eigenvalue weighted by atomic mass is 16.1. The lowest BCUT2D eigenvalue weighted by atomic mass is 10.4. The van der Waals surface area contributed by atoms with E-state index in [9.17, 15) is 9.59 Å². The lowest BCUT2D eigenvalue weighted by Gasteiger charge is -2.00. The summed E-state index contributed by atoms with van der Waals surface area (Å²) in [6.07, 6.45) is 1.19. The zero-order chi connectivity index (χ0) is 12.8. The molecule has 0 saturated heterocycles. The topological polar surface area (TPSA) is 113 Å². The van der Waals surface area contributed by atoms with Crippen LogP contribution in [-0.4, -0.2) is 23.1 Å². The lowest BCUT2D eigenvalue weighted by Crippen LogP contribution is -2.13. The molecule has 7 heteroatoms. The van der Waals surface area contributed by atoms with Crippen LogP contribution in [0.15, 0.2) is 26.9 Å². The van der Waals surface area contributed by atoms with Crippen LogP contribution in [0.1, 0.15) is 13.8 Å². The van der Waals surface area contributed by atoms with Gasteiger partial charge in [-0.2, -0.15) is 0 Å². The SMILES string of the molecule is CC(=O)Nc1ccc(N=CN=C(C)N)c(=O)[nH]1. The lowest BCUT2D eigenvalue weighted by molar-refractivity contribution is -0.114. The van der Waals surface area contributed by atoms with Crippen molar-refractivity contribution in [1.29, 1.82) is 0 Å². The van der Waals surface area contributed by atoms with E-state index < -0.39 is 5.56 Å². The molecule has 0 atom stereocenters. The number of nitrogens with one attached hydrogen (secondary N) is 2. The number of hydrogen-bond acceptors (Lipinski definition) is 3. The summed E-state index contributed by atoms with van der Waals surface area (Å²) in [6.45, 7) is 2.96. The quantitative estimate of drug-likeness (QED) is 0.519. The molecule has 0 saturated carbocycles. The second kappa shape index (κ2) is 5.59. The minimum atomic E-state index is -0.419. The number of nitrogens with zero attached hydrogens (tertiary/aromatic N) is 2. The summed E-state index contributed by atoms with van der Waals surface area (Å²) in [7, 11) is 0. The Bertz CT molecular complexity index is 526. The van der Waals surface area contributed by atoms with Gasteiger partial charge in [0.15, 0.2) is 0 Å². The maximum absolute atomic E-state index is 11.5. The van der Waals surface area contributed by atoms with Crippen molar-refractivity contribution in [3.63, 3.8) is 0 Å². The van der Waals surface area contributed by atoms with Gasteiger partial charge in [0.05, 0.1) is 5.84 Å². The molecule has 0 aromatic carbocycles. The summed E-state index contributed by atoms with van der Waals surface area (Å²) in [5.41, 5.74) is 5.06. The fraction of sp³-hybridized carbons (Fsp3) is 0.200. The van der Waals surface area contributed by atoms with E-state index in [1.807, 2.05) is 0 Å². The number of amides is 1. The summed E-state index contributed by atoms with van der Waals surface area (Å²) >= 11 is 0. The number of nitrogens with two attached hydrogens (primary N) is 1. The Morgan fingerprint density at radius 3 is 2.71 bits per heavy atom. The molecule has 0 aliphatic carbocycles. The van der Waals surface area contributed by atoms with E-state index >= 15 is 0 Å². The Morgan fingerprint density at radius 1 is 1.47 bits per heavy atom. The number of hydrogen-bond donors (Lipinski definition) is 3. The van der Waals surface area contributed by atoms with Crippen molar-refractivity contribution in [1.82, 2.24) is 4.98 Å². The smallest absolute Gasteiger partial charge is 0.275 e. The summed E-state index contributed by atoms with van der Waals surface area (Å²) in [5.74, 6) is 0.403. The molecule has 1 rings (SSSR count). The third-order valence-electron chi connectivity index (χ3n) is 1.66. The Hall–Kier alpha value is -2.44. The van der Waals surface area contributed by atoms with Crippen molar-refractivity contribution < 1.29 is 4.79 Å². The largest absolute Gasteiger partial charge is 0.387 e. The number of aliphatic imine (C=N–C) groups is 2. The minimum Gasteiger partial charge on any atom is -0.387 e. The molecule has 17 heavy (non-hydrogen) atoms. The average Bonchev–Trinajstić information content (AvgIpc) is 2.20. The summed E-state index contributed by atoms with van der Waals surface area (Å²) in [5, 5.41) is 2.45. The first-order valence-electron chi connectivity index (χ1n) is 4.82. The third kappa shape index (κ3) is 4.29. The maximum Gasteiger partial charge on any atom is 0.275 e. The summed E-state index contributed by atoms with van der Waals surface area (Å²) in [4.78, 5) is 32.3. The molecule has 0 radical (unpaired) electrons. The standard InChI is InChI=1S/C10H13N5O2/c1-6(11)12-5-13-8-3-4-9(14-7(2)16)15-10(8)17/h3-5H,1-2H3,(H2,11,12,13)(H2,14,15,16,17). The van der Waals surface area contributed by atoms with Gasteiger partial charge in [0.2, 0.25) is 5.91 Å². The first-order valence-corrected chi connectivity index (χ1v) is 4.82. The molecule has 0 aliphatic rings. The number of aromatic nitrogens is 1. The van der Waals surface area contributed by atoms with Crippen LogP contribution < -0.4 is 16.6 Å². The van der Waals surface area contributed by atoms with E-state index in [1.165, 1.54) is 25.4 Å². The van der Waals surface area contributed by atoms with Gasteiger partial charge >= 0.3 is 0 Å². The van der Waals surface area contributed by atoms with Crippen LogP contribution in [0, 0.1) is 0 Å². The van der Waals surface area contributed by atoms with Gasteiger partial charge in [-0.15, -0.1) is 0 Å². The first-order chi connectivity index (χ1) is 7.99. The molecule has 1 heterocycles. The fourth-order valence-corrected chi connectivity index (χ4v) is 1.01. The molecular weight excluding hydrogens is 222 g/mol. The molecule has 0 spiro atoms. The number of amidine groups is 1. The van der Waals surface area contributed by atoms with E-state index in [1.54, 1.807) is 6.92 Å². The molecule has 7 nitrogen and oxygen atoms in total. The van der Waals surface area contributed by atoms with Crippen molar-refractivity contribution in [2.24, 2.45) is 15.7 Å². The third-order valence-corrected chi connectivity index (χ3v) is 1.66. The Balaban J connectivity index is 2.91. The predicted octanol–water partition coefficient (Wildman–Crippen LogP) is 0.370. The number of H-pyrrole nitrogens is 1. The maximum atomic E-state index is 11.5. The highest BCUT2D eigenvalue weighted by Gasteiger charge is 2.00. The van der Waals surface area contributed by atoms with Crippen LogP contribution in [0.4, 0.5) is 11.5 Å². The zero-order valence-electron chi connectivity index (χ0n) is 9.52. The molecule has 0 aliphatic heterocycles. The minimum absolute atomic E-state index is 0.184. The van der Waals surface area contributed by atoms with Crippen LogP contribution in [0.5, 0.6) is 0 Å². The number of anilines is 1. The zero-order valence-corrected chi connectivity index (χ0v) is 9.52. The van der Waals surface area contributed by atoms with E-state index in [4.69, 9.17) is 5.73 Å². The Labute approximate surface area is 97.5 Å². The van der Waals surface area contributed by atoms with Crippen LogP contribution in [0.25, 0.3) is 0 Å². The van der Waals surface area contributed by atoms with E-state index in [2.05, 4.69) is 20.3 Å². The van der Waals surface area contributed by atoms with Gasteiger partial charge in [-0.3, -0.25) is 9.59 Å². The number of rotatable bonds is 3. The van der Waals surface area contributed by atoms with Crippen LogP contribution in [0.3, 0.4) is 0 Å². The number of carbonyl (C=O) groups excluding carboxylic acids is 1. The van der Waals surface area contributed by atoms with Crippen LogP contribution in [-0.2, 0) is 4.79 Å². The van der Waals surface area contributed by atoms with Gasteiger partial charge in [-0.05, 0) is 19.1 Å². The molecule has 0 bridgehead atoms. The molecule has 4 N–H and O–H groups in total. The van der Waals surface area contributed by atoms with Crippen LogP contribution >= 0.6 is 0 Å². The molecular formula is C10H13N5O2. The van der Waals surface area contributed by atoms with Crippen molar-refractivity contribution in [2.75, 3.05) is 5.32 Å². The summed E-state index contributed by atoms with van der Waals surface area (Å²) < 4.78 is 0. The normalized spacial score (nSPS) is 11.8. The molecule has 90 valence electrons. The Morgan fingerprint density at radius 2 is 2.18 bits per heavy atom. The monoisotopic (exact) mass is 235 g/mol. The second-order valence-electron chi connectivity index (χ2n) is 3.28. The van der Waals surface area contributed by atoms with Crippen molar-refractivity contribution >= 4 is 29.6 Å². The van der Waals surface area contributed by atoms with Gasteiger partial charge in [-0.1, -0.05) is 0 Å². The second-order valence-corrected chi connectivity index (χ2v) is 3.28. The van der Waals surface area contributed by atoms with Crippen molar-refractivity contribution in [2.45, 2.75) is 13.8 Å². The molecule has 1 amide bonds. The number of carbonyl (C=O) groups is 1. The first kappa shape index (κ1) is 12.6. The van der Waals surface area contributed by atoms with Gasteiger partial charge in [0, 0.05) is 6.92 Å². The van der Waals surface area contributed by atoms with Gasteiger partial charge < -0.3 is 16.0 Å². The van der Waals surface area contributed by atoms with Crippen molar-refractivity contribution in [3.05, 3.63) is 22.5 Å². The highest BCUT2D eigenvalue weighted by Crippen LogP contribution is 2.06. The summed E-state index contributed by atoms with van der Waals surface area (Å²) in [6, 6.07) is 3.01. The van der Waals surface area contributed by atoms with Crippen LogP contribution in [0.2, 0.25) is 0 Å².